The molecule has 3 nitrogen and oxygen atoms in total. The molecule has 2 aromatic rings. The molecule has 3 rings (SSSR count). The Labute approximate surface area is 106 Å². The van der Waals surface area contributed by atoms with Crippen LogP contribution in [0.1, 0.15) is 36.0 Å². The first kappa shape index (κ1) is 11.2. The van der Waals surface area contributed by atoms with Gasteiger partial charge in [0.1, 0.15) is 0 Å². The summed E-state index contributed by atoms with van der Waals surface area (Å²) >= 11 is 1.78. The molecule has 0 bridgehead atoms. The molecule has 0 radical (unpaired) electrons. The topological polar surface area (TPSA) is 29.3 Å². The zero-order valence-corrected chi connectivity index (χ0v) is 11.5. The second kappa shape index (κ2) is 3.82. The summed E-state index contributed by atoms with van der Waals surface area (Å²) < 4.78 is 2.28. The highest BCUT2D eigenvalue weighted by Crippen LogP contribution is 2.27. The molecule has 1 unspecified atom stereocenters. The van der Waals surface area contributed by atoms with Gasteiger partial charge in [-0.15, -0.1) is 11.3 Å². The van der Waals surface area contributed by atoms with Crippen LogP contribution in [0.5, 0.6) is 0 Å². The number of nitrogens with zero attached hydrogens (tertiary/aromatic N) is 2. The predicted octanol–water partition coefficient (Wildman–Crippen LogP) is 2.70. The molecule has 1 aliphatic heterocycles. The number of nitrogens with one attached hydrogen (secondary N) is 1. The predicted molar refractivity (Wildman–Crippen MR) is 71.9 cm³/mol. The van der Waals surface area contributed by atoms with Crippen molar-refractivity contribution in [3.63, 3.8) is 0 Å². The van der Waals surface area contributed by atoms with Crippen molar-refractivity contribution in [2.75, 3.05) is 6.54 Å². The standard InChI is InChI=1S/C13H19N3S/c1-9-8-16-11(10(2)15-12(16)17-9)7-13(3)5-4-6-14-13/h8,14H,4-7H2,1-3H3. The molecule has 2 aromatic heterocycles. The third-order valence-corrected chi connectivity index (χ3v) is 4.65. The fourth-order valence-electron chi connectivity index (χ4n) is 2.80. The minimum Gasteiger partial charge on any atom is -0.311 e. The summed E-state index contributed by atoms with van der Waals surface area (Å²) in [5, 5.41) is 3.63. The Bertz CT molecular complexity index is 546. The van der Waals surface area contributed by atoms with Crippen molar-refractivity contribution >= 4 is 16.3 Å². The smallest absolute Gasteiger partial charge is 0.194 e. The highest BCUT2D eigenvalue weighted by molar-refractivity contribution is 7.17. The van der Waals surface area contributed by atoms with Gasteiger partial charge in [0.2, 0.25) is 0 Å². The maximum absolute atomic E-state index is 4.66. The summed E-state index contributed by atoms with van der Waals surface area (Å²) in [7, 11) is 0. The molecule has 0 amide bonds. The van der Waals surface area contributed by atoms with Gasteiger partial charge in [0.25, 0.3) is 0 Å². The van der Waals surface area contributed by atoms with E-state index in [1.807, 2.05) is 0 Å². The Kier molecular flexibility index (Phi) is 2.52. The molecule has 0 aliphatic carbocycles. The van der Waals surface area contributed by atoms with Crippen LogP contribution in [0.25, 0.3) is 4.96 Å². The number of hydrogen-bond acceptors (Lipinski definition) is 3. The lowest BCUT2D eigenvalue weighted by molar-refractivity contribution is 0.407. The van der Waals surface area contributed by atoms with Crippen LogP contribution in [0.4, 0.5) is 0 Å². The summed E-state index contributed by atoms with van der Waals surface area (Å²) in [6.07, 6.45) is 5.85. The molecule has 1 N–H and O–H groups in total. The van der Waals surface area contributed by atoms with Crippen LogP contribution in [-0.2, 0) is 6.42 Å². The van der Waals surface area contributed by atoms with Crippen LogP contribution in [0, 0.1) is 13.8 Å². The van der Waals surface area contributed by atoms with Crippen LogP contribution >= 0.6 is 11.3 Å². The van der Waals surface area contributed by atoms with Crippen molar-refractivity contribution < 1.29 is 0 Å². The van der Waals surface area contributed by atoms with Gasteiger partial charge in [0.15, 0.2) is 4.96 Å². The molecule has 17 heavy (non-hydrogen) atoms. The van der Waals surface area contributed by atoms with Gasteiger partial charge >= 0.3 is 0 Å². The van der Waals surface area contributed by atoms with Crippen molar-refractivity contribution in [2.45, 2.75) is 45.6 Å². The Hall–Kier alpha value is -0.870. The van der Waals surface area contributed by atoms with Crippen molar-refractivity contribution in [1.29, 1.82) is 0 Å². The van der Waals surface area contributed by atoms with E-state index in [2.05, 4.69) is 41.7 Å². The quantitative estimate of drug-likeness (QED) is 0.886. The Balaban J connectivity index is 2.01. The van der Waals surface area contributed by atoms with E-state index in [1.54, 1.807) is 11.3 Å². The molecule has 1 atom stereocenters. The average molecular weight is 249 g/mol. The van der Waals surface area contributed by atoms with E-state index >= 15 is 0 Å². The van der Waals surface area contributed by atoms with Gasteiger partial charge in [-0.1, -0.05) is 0 Å². The van der Waals surface area contributed by atoms with E-state index in [0.29, 0.717) is 0 Å². The van der Waals surface area contributed by atoms with E-state index in [1.165, 1.54) is 29.1 Å². The van der Waals surface area contributed by atoms with Crippen molar-refractivity contribution in [1.82, 2.24) is 14.7 Å². The van der Waals surface area contributed by atoms with Crippen molar-refractivity contribution in [3.8, 4) is 0 Å². The number of hydrogen-bond donors (Lipinski definition) is 1. The molecule has 0 aromatic carbocycles. The van der Waals surface area contributed by atoms with Gasteiger partial charge in [-0.05, 0) is 40.2 Å². The van der Waals surface area contributed by atoms with Gasteiger partial charge in [0, 0.05) is 28.7 Å². The molecular weight excluding hydrogens is 230 g/mol. The third-order valence-electron chi connectivity index (χ3n) is 3.76. The van der Waals surface area contributed by atoms with Gasteiger partial charge in [-0.25, -0.2) is 4.98 Å². The fraction of sp³-hybridized carbons (Fsp3) is 0.615. The molecule has 4 heteroatoms. The Morgan fingerprint density at radius 1 is 1.53 bits per heavy atom. The zero-order valence-electron chi connectivity index (χ0n) is 10.7. The monoisotopic (exact) mass is 249 g/mol. The van der Waals surface area contributed by atoms with E-state index in [9.17, 15) is 0 Å². The molecule has 0 spiro atoms. The van der Waals surface area contributed by atoms with Crippen LogP contribution in [-0.4, -0.2) is 21.5 Å². The highest BCUT2D eigenvalue weighted by Gasteiger charge is 2.30. The zero-order chi connectivity index (χ0) is 12.0. The van der Waals surface area contributed by atoms with Gasteiger partial charge in [0.05, 0.1) is 5.69 Å². The second-order valence-corrected chi connectivity index (χ2v) is 6.62. The number of thiazole rings is 1. The van der Waals surface area contributed by atoms with Crippen molar-refractivity contribution in [3.05, 3.63) is 22.5 Å². The summed E-state index contributed by atoms with van der Waals surface area (Å²) in [6, 6.07) is 0. The SMILES string of the molecule is Cc1cn2c(CC3(C)CCCN3)c(C)nc2s1. The molecular formula is C13H19N3S. The van der Waals surface area contributed by atoms with Crippen LogP contribution in [0.2, 0.25) is 0 Å². The van der Waals surface area contributed by atoms with E-state index < -0.39 is 0 Å². The van der Waals surface area contributed by atoms with Crippen LogP contribution in [0.3, 0.4) is 0 Å². The fourth-order valence-corrected chi connectivity index (χ4v) is 3.69. The number of fused-ring (bicyclic) bond motifs is 1. The first-order chi connectivity index (χ1) is 8.07. The number of aryl methyl sites for hydroxylation is 2. The maximum Gasteiger partial charge on any atom is 0.194 e. The van der Waals surface area contributed by atoms with E-state index in [-0.39, 0.29) is 5.54 Å². The normalized spacial score (nSPS) is 24.9. The Morgan fingerprint density at radius 3 is 3.06 bits per heavy atom. The summed E-state index contributed by atoms with van der Waals surface area (Å²) in [6.45, 7) is 7.76. The summed E-state index contributed by atoms with van der Waals surface area (Å²) in [4.78, 5) is 7.13. The number of aromatic nitrogens is 2. The molecule has 3 heterocycles. The molecule has 1 saturated heterocycles. The highest BCUT2D eigenvalue weighted by atomic mass is 32.1. The third kappa shape index (κ3) is 1.89. The Morgan fingerprint density at radius 2 is 2.35 bits per heavy atom. The lowest BCUT2D eigenvalue weighted by atomic mass is 9.93. The maximum atomic E-state index is 4.66. The molecule has 92 valence electrons. The lowest BCUT2D eigenvalue weighted by Crippen LogP contribution is -2.38. The minimum atomic E-state index is 0.260. The lowest BCUT2D eigenvalue weighted by Gasteiger charge is -2.24. The summed E-state index contributed by atoms with van der Waals surface area (Å²) in [5.41, 5.74) is 2.82. The first-order valence-corrected chi connectivity index (χ1v) is 7.08. The van der Waals surface area contributed by atoms with Gasteiger partial charge in [-0.3, -0.25) is 4.40 Å². The van der Waals surface area contributed by atoms with Gasteiger partial charge < -0.3 is 5.32 Å². The molecule has 1 fully saturated rings. The number of rotatable bonds is 2. The molecule has 1 aliphatic rings. The van der Waals surface area contributed by atoms with E-state index in [4.69, 9.17) is 0 Å². The van der Waals surface area contributed by atoms with Crippen molar-refractivity contribution in [2.24, 2.45) is 0 Å². The average Bonchev–Trinajstić information content (AvgIpc) is 2.88. The largest absolute Gasteiger partial charge is 0.311 e. The van der Waals surface area contributed by atoms with Crippen LogP contribution in [0.15, 0.2) is 6.20 Å². The minimum absolute atomic E-state index is 0.260. The molecule has 0 saturated carbocycles. The first-order valence-electron chi connectivity index (χ1n) is 6.26. The number of imidazole rings is 1. The van der Waals surface area contributed by atoms with E-state index in [0.717, 1.165) is 17.9 Å². The van der Waals surface area contributed by atoms with Crippen LogP contribution < -0.4 is 5.32 Å². The summed E-state index contributed by atoms with van der Waals surface area (Å²) in [5.74, 6) is 0. The van der Waals surface area contributed by atoms with Gasteiger partial charge in [-0.2, -0.15) is 0 Å². The second-order valence-electron chi connectivity index (χ2n) is 5.41.